The van der Waals surface area contributed by atoms with Gasteiger partial charge in [0.05, 0.1) is 13.5 Å². The Balaban J connectivity index is 1.80. The molecule has 0 aliphatic carbocycles. The van der Waals surface area contributed by atoms with Gasteiger partial charge in [-0.15, -0.1) is 0 Å². The number of nitrogens with one attached hydrogen (secondary N) is 2. The summed E-state index contributed by atoms with van der Waals surface area (Å²) in [4.78, 5) is 25.8. The van der Waals surface area contributed by atoms with Crippen LogP contribution in [0.5, 0.6) is 0 Å². The lowest BCUT2D eigenvalue weighted by Crippen LogP contribution is -2.26. The van der Waals surface area contributed by atoms with Gasteiger partial charge in [0.1, 0.15) is 0 Å². The van der Waals surface area contributed by atoms with Crippen molar-refractivity contribution in [1.29, 1.82) is 0 Å². The lowest BCUT2D eigenvalue weighted by Gasteiger charge is -2.04. The van der Waals surface area contributed by atoms with Crippen LogP contribution in [0.4, 0.5) is 0 Å². The number of aromatic amines is 1. The molecule has 2 rings (SSSR count). The molecule has 2 N–H and O–H groups in total. The maximum absolute atomic E-state index is 11.7. The number of benzene rings is 1. The first-order chi connectivity index (χ1) is 9.70. The van der Waals surface area contributed by atoms with Crippen LogP contribution >= 0.6 is 0 Å². The Morgan fingerprint density at radius 3 is 2.85 bits per heavy atom. The van der Waals surface area contributed by atoms with E-state index in [1.54, 1.807) is 0 Å². The summed E-state index contributed by atoms with van der Waals surface area (Å²) in [5, 5.41) is 3.86. The number of carbonyl (C=O) groups is 2. The first-order valence-electron chi connectivity index (χ1n) is 6.59. The lowest BCUT2D eigenvalue weighted by molar-refractivity contribution is -0.140. The highest BCUT2D eigenvalue weighted by Crippen LogP contribution is 2.18. The number of hydrogen-bond acceptors (Lipinski definition) is 3. The number of rotatable bonds is 6. The number of H-pyrrole nitrogens is 1. The predicted molar refractivity (Wildman–Crippen MR) is 76.3 cm³/mol. The molecule has 5 heteroatoms. The molecule has 0 unspecified atom stereocenters. The van der Waals surface area contributed by atoms with E-state index in [9.17, 15) is 9.59 Å². The molecular formula is C15H18N2O3. The van der Waals surface area contributed by atoms with Gasteiger partial charge in [0.2, 0.25) is 5.91 Å². The minimum Gasteiger partial charge on any atom is -0.469 e. The van der Waals surface area contributed by atoms with Crippen LogP contribution in [0.15, 0.2) is 30.5 Å². The van der Waals surface area contributed by atoms with E-state index in [1.807, 2.05) is 30.5 Å². The molecule has 0 spiro atoms. The van der Waals surface area contributed by atoms with Crippen LogP contribution in [0.2, 0.25) is 0 Å². The van der Waals surface area contributed by atoms with Crippen LogP contribution in [0.25, 0.3) is 10.9 Å². The van der Waals surface area contributed by atoms with Gasteiger partial charge in [-0.1, -0.05) is 18.2 Å². The summed E-state index contributed by atoms with van der Waals surface area (Å²) >= 11 is 0. The van der Waals surface area contributed by atoms with E-state index in [2.05, 4.69) is 15.0 Å². The molecule has 0 saturated heterocycles. The van der Waals surface area contributed by atoms with Crippen LogP contribution in [-0.4, -0.2) is 30.5 Å². The smallest absolute Gasteiger partial charge is 0.307 e. The van der Waals surface area contributed by atoms with Crippen molar-refractivity contribution in [1.82, 2.24) is 10.3 Å². The molecule has 5 nitrogen and oxygen atoms in total. The van der Waals surface area contributed by atoms with E-state index in [-0.39, 0.29) is 18.3 Å². The molecular weight excluding hydrogens is 256 g/mol. The number of fused-ring (bicyclic) bond motifs is 1. The van der Waals surface area contributed by atoms with Gasteiger partial charge in [-0.05, 0) is 18.1 Å². The average Bonchev–Trinajstić information content (AvgIpc) is 2.88. The van der Waals surface area contributed by atoms with Crippen LogP contribution in [0.1, 0.15) is 18.4 Å². The molecule has 0 aliphatic rings. The molecule has 1 amide bonds. The lowest BCUT2D eigenvalue weighted by atomic mass is 10.1. The third kappa shape index (κ3) is 3.60. The number of carbonyl (C=O) groups excluding carboxylic acids is 2. The Hall–Kier alpha value is -2.30. The molecule has 0 bridgehead atoms. The number of esters is 1. The zero-order chi connectivity index (χ0) is 14.4. The van der Waals surface area contributed by atoms with Crippen LogP contribution in [0, 0.1) is 0 Å². The number of aromatic nitrogens is 1. The minimum absolute atomic E-state index is 0.0563. The summed E-state index contributed by atoms with van der Waals surface area (Å²) in [6.07, 6.45) is 3.22. The molecule has 0 atom stereocenters. The Morgan fingerprint density at radius 2 is 2.05 bits per heavy atom. The Bertz CT molecular complexity index is 604. The van der Waals surface area contributed by atoms with Gasteiger partial charge in [-0.3, -0.25) is 9.59 Å². The van der Waals surface area contributed by atoms with Gasteiger partial charge >= 0.3 is 5.97 Å². The van der Waals surface area contributed by atoms with Gasteiger partial charge in [0.25, 0.3) is 0 Å². The molecule has 106 valence electrons. The van der Waals surface area contributed by atoms with Crippen molar-refractivity contribution in [2.24, 2.45) is 0 Å². The molecule has 20 heavy (non-hydrogen) atoms. The summed E-state index contributed by atoms with van der Waals surface area (Å²) in [5.74, 6) is -0.374. The summed E-state index contributed by atoms with van der Waals surface area (Å²) in [6.45, 7) is 0.319. The Labute approximate surface area is 117 Å². The highest BCUT2D eigenvalue weighted by Gasteiger charge is 2.07. The second-order valence-electron chi connectivity index (χ2n) is 4.54. The first-order valence-corrected chi connectivity index (χ1v) is 6.59. The zero-order valence-electron chi connectivity index (χ0n) is 11.4. The average molecular weight is 274 g/mol. The monoisotopic (exact) mass is 274 g/mol. The maximum Gasteiger partial charge on any atom is 0.307 e. The van der Waals surface area contributed by atoms with Gasteiger partial charge in [-0.25, -0.2) is 0 Å². The van der Waals surface area contributed by atoms with E-state index in [4.69, 9.17) is 0 Å². The van der Waals surface area contributed by atoms with E-state index < -0.39 is 0 Å². The summed E-state index contributed by atoms with van der Waals surface area (Å²) in [5.41, 5.74) is 2.21. The van der Waals surface area contributed by atoms with Crippen LogP contribution < -0.4 is 5.32 Å². The Morgan fingerprint density at radius 1 is 1.25 bits per heavy atom. The fraction of sp³-hybridized carbons (Fsp3) is 0.333. The third-order valence-electron chi connectivity index (χ3n) is 3.18. The van der Waals surface area contributed by atoms with Crippen molar-refractivity contribution >= 4 is 22.8 Å². The molecule has 0 fully saturated rings. The highest BCUT2D eigenvalue weighted by molar-refractivity contribution is 5.84. The zero-order valence-corrected chi connectivity index (χ0v) is 11.4. The van der Waals surface area contributed by atoms with Crippen molar-refractivity contribution in [3.8, 4) is 0 Å². The molecule has 0 aliphatic heterocycles. The van der Waals surface area contributed by atoms with Gasteiger partial charge in [-0.2, -0.15) is 0 Å². The van der Waals surface area contributed by atoms with E-state index in [0.29, 0.717) is 19.4 Å². The van der Waals surface area contributed by atoms with Crippen LogP contribution in [-0.2, 0) is 20.7 Å². The SMILES string of the molecule is COC(=O)CCNC(=O)CCc1c[nH]c2ccccc12. The van der Waals surface area contributed by atoms with Crippen molar-refractivity contribution in [2.75, 3.05) is 13.7 Å². The molecule has 2 aromatic rings. The van der Waals surface area contributed by atoms with Gasteiger partial charge in [0, 0.05) is 30.1 Å². The molecule has 0 saturated carbocycles. The quantitative estimate of drug-likeness (QED) is 0.789. The number of aryl methyl sites for hydroxylation is 1. The van der Waals surface area contributed by atoms with E-state index >= 15 is 0 Å². The highest BCUT2D eigenvalue weighted by atomic mass is 16.5. The van der Waals surface area contributed by atoms with Crippen molar-refractivity contribution in [2.45, 2.75) is 19.3 Å². The topological polar surface area (TPSA) is 71.2 Å². The standard InChI is InChI=1S/C15H18N2O3/c1-20-15(19)8-9-16-14(18)7-6-11-10-17-13-5-3-2-4-12(11)13/h2-5,10,17H,6-9H2,1H3,(H,16,18). The van der Waals surface area contributed by atoms with Gasteiger partial charge in [0.15, 0.2) is 0 Å². The number of methoxy groups -OCH3 is 1. The fourth-order valence-electron chi connectivity index (χ4n) is 2.08. The molecule has 1 heterocycles. The second-order valence-corrected chi connectivity index (χ2v) is 4.54. The van der Waals surface area contributed by atoms with Crippen LogP contribution in [0.3, 0.4) is 0 Å². The maximum atomic E-state index is 11.7. The summed E-state index contributed by atoms with van der Waals surface area (Å²) < 4.78 is 4.50. The van der Waals surface area contributed by atoms with Gasteiger partial charge < -0.3 is 15.0 Å². The van der Waals surface area contributed by atoms with E-state index in [0.717, 1.165) is 16.5 Å². The third-order valence-corrected chi connectivity index (χ3v) is 3.18. The molecule has 1 aromatic heterocycles. The Kier molecular flexibility index (Phi) is 4.76. The second kappa shape index (κ2) is 6.75. The molecule has 0 radical (unpaired) electrons. The number of para-hydroxylation sites is 1. The fourth-order valence-corrected chi connectivity index (χ4v) is 2.08. The summed E-state index contributed by atoms with van der Waals surface area (Å²) in [7, 11) is 1.33. The number of amides is 1. The van der Waals surface area contributed by atoms with Crippen molar-refractivity contribution in [3.63, 3.8) is 0 Å². The predicted octanol–water partition coefficient (Wildman–Crippen LogP) is 1.78. The largest absolute Gasteiger partial charge is 0.469 e. The molecule has 1 aromatic carbocycles. The number of hydrogen-bond donors (Lipinski definition) is 2. The van der Waals surface area contributed by atoms with E-state index in [1.165, 1.54) is 7.11 Å². The van der Waals surface area contributed by atoms with Crippen molar-refractivity contribution in [3.05, 3.63) is 36.0 Å². The normalized spacial score (nSPS) is 10.4. The first kappa shape index (κ1) is 14.1. The van der Waals surface area contributed by atoms with Crippen molar-refractivity contribution < 1.29 is 14.3 Å². The summed E-state index contributed by atoms with van der Waals surface area (Å²) in [6, 6.07) is 8.00. The number of ether oxygens (including phenoxy) is 1. The minimum atomic E-state index is -0.318.